The first-order chi connectivity index (χ1) is 17.7. The van der Waals surface area contributed by atoms with Crippen LogP contribution in [0.25, 0.3) is 0 Å². The molecule has 2 aromatic carbocycles. The van der Waals surface area contributed by atoms with Gasteiger partial charge in [0.15, 0.2) is 0 Å². The van der Waals surface area contributed by atoms with Crippen LogP contribution in [0.1, 0.15) is 18.1 Å². The summed E-state index contributed by atoms with van der Waals surface area (Å²) in [5, 5.41) is 10.3. The molecule has 6 nitrogen and oxygen atoms in total. The molecular formula is C29H35Cl2N5O. The molecule has 0 atom stereocenters. The number of hydrogen-bond donors (Lipinski definition) is 3. The molecule has 0 radical (unpaired) electrons. The van der Waals surface area contributed by atoms with E-state index in [4.69, 9.17) is 23.2 Å². The summed E-state index contributed by atoms with van der Waals surface area (Å²) in [6.45, 7) is 17.0. The van der Waals surface area contributed by atoms with Gasteiger partial charge in [-0.3, -0.25) is 0 Å². The molecule has 1 saturated heterocycles. The molecule has 3 rings (SSSR count). The molecule has 1 aliphatic rings. The Bertz CT molecular complexity index is 1200. The standard InChI is InChI=1S/C29H35Cl2N5O/c1-6-25(30)28(26(31)7-2)34-29(37)36-16-14-35(15-17-36)24-11-9-23(10-12-24)33-22(5)19-32-27-13-8-20(3)18-21(27)4/h6-13,18,32-33H,1,5,14-17,19H2,2-4H3,(H,34,37)/b26-7+,28-25-. The molecule has 37 heavy (non-hydrogen) atoms. The van der Waals surface area contributed by atoms with Gasteiger partial charge in [0, 0.05) is 48.9 Å². The third kappa shape index (κ3) is 7.81. The second-order valence-electron chi connectivity index (χ2n) is 8.92. The summed E-state index contributed by atoms with van der Waals surface area (Å²) >= 11 is 12.4. The van der Waals surface area contributed by atoms with Crippen LogP contribution in [0, 0.1) is 13.8 Å². The van der Waals surface area contributed by atoms with Gasteiger partial charge in [0.25, 0.3) is 0 Å². The minimum Gasteiger partial charge on any atom is -0.379 e. The van der Waals surface area contributed by atoms with Gasteiger partial charge >= 0.3 is 6.03 Å². The minimum absolute atomic E-state index is 0.234. The van der Waals surface area contributed by atoms with Crippen LogP contribution < -0.4 is 20.9 Å². The van der Waals surface area contributed by atoms with E-state index in [1.807, 2.05) is 12.1 Å². The maximum absolute atomic E-state index is 12.8. The highest BCUT2D eigenvalue weighted by atomic mass is 35.5. The van der Waals surface area contributed by atoms with E-state index in [1.54, 1.807) is 17.9 Å². The summed E-state index contributed by atoms with van der Waals surface area (Å²) in [4.78, 5) is 16.8. The smallest absolute Gasteiger partial charge is 0.322 e. The van der Waals surface area contributed by atoms with Gasteiger partial charge in [-0.05, 0) is 62.7 Å². The first-order valence-electron chi connectivity index (χ1n) is 12.2. The fraction of sp³-hybridized carbons (Fsp3) is 0.276. The number of carbonyl (C=O) groups is 1. The Kier molecular flexibility index (Phi) is 10.1. The topological polar surface area (TPSA) is 59.6 Å². The number of carbonyl (C=O) groups excluding carboxylic acids is 1. The quantitative estimate of drug-likeness (QED) is 0.301. The molecule has 196 valence electrons. The normalized spacial score (nSPS) is 14.6. The SMILES string of the molecule is C=C/C(Cl)=C(NC(=O)N1CCN(c2ccc(NC(=C)CNc3ccc(C)cc3C)cc2)CC1)\C(Cl)=C/C. The monoisotopic (exact) mass is 539 g/mol. The predicted octanol–water partition coefficient (Wildman–Crippen LogP) is 6.95. The van der Waals surface area contributed by atoms with E-state index in [2.05, 4.69) is 78.2 Å². The zero-order valence-corrected chi connectivity index (χ0v) is 23.2. The Balaban J connectivity index is 1.49. The van der Waals surface area contributed by atoms with Gasteiger partial charge in [0.05, 0.1) is 22.3 Å². The highest BCUT2D eigenvalue weighted by Crippen LogP contribution is 2.23. The highest BCUT2D eigenvalue weighted by molar-refractivity contribution is 6.36. The molecule has 1 heterocycles. The number of rotatable bonds is 9. The van der Waals surface area contributed by atoms with E-state index in [1.165, 1.54) is 17.2 Å². The lowest BCUT2D eigenvalue weighted by atomic mass is 10.1. The van der Waals surface area contributed by atoms with Gasteiger partial charge in [-0.25, -0.2) is 4.79 Å². The molecule has 1 fully saturated rings. The van der Waals surface area contributed by atoms with Crippen molar-refractivity contribution in [1.29, 1.82) is 0 Å². The average molecular weight is 541 g/mol. The number of urea groups is 1. The summed E-state index contributed by atoms with van der Waals surface area (Å²) in [5.74, 6) is 0. The van der Waals surface area contributed by atoms with Crippen molar-refractivity contribution in [2.75, 3.05) is 48.3 Å². The van der Waals surface area contributed by atoms with Crippen molar-refractivity contribution in [2.45, 2.75) is 20.8 Å². The fourth-order valence-corrected chi connectivity index (χ4v) is 4.40. The van der Waals surface area contributed by atoms with Crippen LogP contribution in [-0.2, 0) is 0 Å². The second kappa shape index (κ2) is 13.3. The average Bonchev–Trinajstić information content (AvgIpc) is 2.90. The fourth-order valence-electron chi connectivity index (χ4n) is 4.05. The Hall–Kier alpha value is -3.35. The van der Waals surface area contributed by atoms with Crippen molar-refractivity contribution < 1.29 is 4.79 Å². The van der Waals surface area contributed by atoms with Gasteiger partial charge in [0.2, 0.25) is 0 Å². The van der Waals surface area contributed by atoms with Gasteiger partial charge < -0.3 is 25.8 Å². The first kappa shape index (κ1) is 28.2. The van der Waals surface area contributed by atoms with E-state index in [0.717, 1.165) is 35.8 Å². The van der Waals surface area contributed by atoms with Crippen LogP contribution >= 0.6 is 23.2 Å². The molecule has 0 aromatic heterocycles. The molecule has 8 heteroatoms. The molecular weight excluding hydrogens is 505 g/mol. The third-order valence-electron chi connectivity index (χ3n) is 6.14. The van der Waals surface area contributed by atoms with Crippen molar-refractivity contribution in [3.63, 3.8) is 0 Å². The zero-order chi connectivity index (χ0) is 26.9. The maximum atomic E-state index is 12.8. The Morgan fingerprint density at radius 3 is 2.32 bits per heavy atom. The van der Waals surface area contributed by atoms with Crippen LogP contribution in [0.15, 0.2) is 89.2 Å². The molecule has 1 aliphatic heterocycles. The number of aryl methyl sites for hydroxylation is 2. The van der Waals surface area contributed by atoms with Crippen molar-refractivity contribution in [1.82, 2.24) is 10.2 Å². The largest absolute Gasteiger partial charge is 0.379 e. The number of amides is 2. The van der Waals surface area contributed by atoms with Gasteiger partial charge in [0.1, 0.15) is 0 Å². The van der Waals surface area contributed by atoms with Crippen LogP contribution in [0.4, 0.5) is 21.9 Å². The van der Waals surface area contributed by atoms with Crippen LogP contribution in [0.3, 0.4) is 0 Å². The van der Waals surface area contributed by atoms with Crippen molar-refractivity contribution >= 4 is 46.3 Å². The molecule has 2 aromatic rings. The van der Waals surface area contributed by atoms with E-state index >= 15 is 0 Å². The van der Waals surface area contributed by atoms with E-state index in [0.29, 0.717) is 35.4 Å². The summed E-state index contributed by atoms with van der Waals surface area (Å²) in [5.41, 5.74) is 6.91. The van der Waals surface area contributed by atoms with Crippen molar-refractivity contribution in [3.8, 4) is 0 Å². The lowest BCUT2D eigenvalue weighted by molar-refractivity contribution is 0.197. The number of nitrogens with zero attached hydrogens (tertiary/aromatic N) is 2. The molecule has 0 aliphatic carbocycles. The van der Waals surface area contributed by atoms with Gasteiger partial charge in [-0.2, -0.15) is 0 Å². The Morgan fingerprint density at radius 2 is 1.73 bits per heavy atom. The van der Waals surface area contributed by atoms with Crippen LogP contribution in [-0.4, -0.2) is 43.7 Å². The zero-order valence-electron chi connectivity index (χ0n) is 21.7. The Labute approximate surface area is 230 Å². The number of halogens is 2. The summed E-state index contributed by atoms with van der Waals surface area (Å²) in [7, 11) is 0. The molecule has 3 N–H and O–H groups in total. The predicted molar refractivity (Wildman–Crippen MR) is 159 cm³/mol. The van der Waals surface area contributed by atoms with Crippen LogP contribution in [0.2, 0.25) is 0 Å². The van der Waals surface area contributed by atoms with Crippen LogP contribution in [0.5, 0.6) is 0 Å². The summed E-state index contributed by atoms with van der Waals surface area (Å²) < 4.78 is 0. The molecule has 2 amide bonds. The summed E-state index contributed by atoms with van der Waals surface area (Å²) in [6, 6.07) is 14.4. The van der Waals surface area contributed by atoms with Crippen molar-refractivity contribution in [2.24, 2.45) is 0 Å². The molecule has 0 unspecified atom stereocenters. The molecule has 0 bridgehead atoms. The van der Waals surface area contributed by atoms with E-state index < -0.39 is 0 Å². The van der Waals surface area contributed by atoms with Crippen molar-refractivity contribution in [3.05, 3.63) is 100 Å². The lowest BCUT2D eigenvalue weighted by Crippen LogP contribution is -2.51. The molecule has 0 spiro atoms. The maximum Gasteiger partial charge on any atom is 0.322 e. The number of benzene rings is 2. The lowest BCUT2D eigenvalue weighted by Gasteiger charge is -2.36. The molecule has 0 saturated carbocycles. The number of allylic oxidation sites excluding steroid dienone is 4. The Morgan fingerprint density at radius 1 is 1.05 bits per heavy atom. The first-order valence-corrected chi connectivity index (χ1v) is 13.0. The van der Waals surface area contributed by atoms with E-state index in [-0.39, 0.29) is 6.03 Å². The van der Waals surface area contributed by atoms with Gasteiger partial charge in [-0.15, -0.1) is 0 Å². The summed E-state index contributed by atoms with van der Waals surface area (Å²) in [6.07, 6.45) is 3.13. The number of piperazine rings is 1. The number of anilines is 3. The van der Waals surface area contributed by atoms with Gasteiger partial charge in [-0.1, -0.05) is 60.1 Å². The highest BCUT2D eigenvalue weighted by Gasteiger charge is 2.23. The number of hydrogen-bond acceptors (Lipinski definition) is 4. The second-order valence-corrected chi connectivity index (χ2v) is 9.73. The minimum atomic E-state index is -0.234. The number of nitrogens with one attached hydrogen (secondary N) is 3. The van der Waals surface area contributed by atoms with E-state index in [9.17, 15) is 4.79 Å². The third-order valence-corrected chi connectivity index (χ3v) is 6.89.